The van der Waals surface area contributed by atoms with Crippen molar-refractivity contribution in [2.24, 2.45) is 7.05 Å². The lowest BCUT2D eigenvalue weighted by Gasteiger charge is -2.14. The Hall–Kier alpha value is -4.51. The van der Waals surface area contributed by atoms with Gasteiger partial charge in [-0.05, 0) is 66.3 Å². The zero-order valence-corrected chi connectivity index (χ0v) is 20.9. The molecule has 0 aliphatic rings. The number of rotatable bonds is 6. The third-order valence-electron chi connectivity index (χ3n) is 5.76. The zero-order valence-electron chi connectivity index (χ0n) is 20.1. The fraction of sp³-hybridized carbons (Fsp3) is 0.111. The molecule has 0 aliphatic carbocycles. The highest BCUT2D eigenvalue weighted by atomic mass is 32.1. The molecule has 3 N–H and O–H groups in total. The Morgan fingerprint density at radius 1 is 0.921 bits per heavy atom. The van der Waals surface area contributed by atoms with E-state index < -0.39 is 11.7 Å². The molecule has 5 rings (SSSR count). The van der Waals surface area contributed by atoms with Gasteiger partial charge in [0.15, 0.2) is 16.8 Å². The van der Waals surface area contributed by atoms with Gasteiger partial charge in [-0.1, -0.05) is 18.2 Å². The van der Waals surface area contributed by atoms with Crippen LogP contribution in [0, 0.1) is 0 Å². The number of anilines is 3. The number of halogens is 3. The number of nitrogens with zero attached hydrogens (tertiary/aromatic N) is 4. The number of fused-ring (bicyclic) bond motifs is 1. The smallest absolute Gasteiger partial charge is 0.364 e. The number of thiocarbonyl (C=S) groups is 1. The number of pyridine rings is 1. The minimum Gasteiger partial charge on any atom is -0.364 e. The van der Waals surface area contributed by atoms with Gasteiger partial charge in [0.25, 0.3) is 0 Å². The van der Waals surface area contributed by atoms with E-state index in [1.165, 1.54) is 12.1 Å². The Kier molecular flexibility index (Phi) is 6.93. The van der Waals surface area contributed by atoms with Crippen LogP contribution in [-0.2, 0) is 19.8 Å². The SMILES string of the molecule is Cn1ccc2nc(-c3cccc(NC(=S)Nc4cccc(C(F)(F)F)c4)c3)nc(NCc3ccncc3)c21. The summed E-state index contributed by atoms with van der Waals surface area (Å²) in [5.41, 5.74) is 3.59. The third-order valence-corrected chi connectivity index (χ3v) is 5.96. The van der Waals surface area contributed by atoms with Crippen LogP contribution in [0.2, 0.25) is 0 Å². The van der Waals surface area contributed by atoms with Crippen LogP contribution in [0.25, 0.3) is 22.4 Å². The zero-order chi connectivity index (χ0) is 26.7. The molecule has 3 aromatic heterocycles. The standard InChI is InChI=1S/C27H22F3N7S/c1-37-13-10-22-23(37)25(32-16-17-8-11-31-12-9-17)36-24(35-22)18-4-2-6-20(14-18)33-26(38)34-21-7-3-5-19(15-21)27(28,29)30/h2-15H,16H2,1H3,(H,32,35,36)(H2,33,34,38). The third kappa shape index (κ3) is 5.73. The molecule has 192 valence electrons. The van der Waals surface area contributed by atoms with E-state index in [2.05, 4.69) is 20.9 Å². The number of hydrogen-bond donors (Lipinski definition) is 3. The van der Waals surface area contributed by atoms with Gasteiger partial charge in [-0.2, -0.15) is 13.2 Å². The Balaban J connectivity index is 1.37. The molecule has 0 amide bonds. The van der Waals surface area contributed by atoms with E-state index in [1.807, 2.05) is 54.2 Å². The van der Waals surface area contributed by atoms with Crippen molar-refractivity contribution in [2.75, 3.05) is 16.0 Å². The topological polar surface area (TPSA) is 79.7 Å². The molecule has 0 atom stereocenters. The lowest BCUT2D eigenvalue weighted by Crippen LogP contribution is -2.19. The minimum atomic E-state index is -4.44. The van der Waals surface area contributed by atoms with Gasteiger partial charge in [-0.25, -0.2) is 9.97 Å². The summed E-state index contributed by atoms with van der Waals surface area (Å²) in [5.74, 6) is 1.20. The van der Waals surface area contributed by atoms with Gasteiger partial charge in [0.05, 0.1) is 11.1 Å². The molecule has 5 aromatic rings. The quantitative estimate of drug-likeness (QED) is 0.216. The molecule has 0 fully saturated rings. The average molecular weight is 534 g/mol. The summed E-state index contributed by atoms with van der Waals surface area (Å²) >= 11 is 5.33. The van der Waals surface area contributed by atoms with Crippen molar-refractivity contribution in [2.45, 2.75) is 12.7 Å². The summed E-state index contributed by atoms with van der Waals surface area (Å²) in [6.07, 6.45) is 0.972. The molecule has 2 aromatic carbocycles. The maximum Gasteiger partial charge on any atom is 0.416 e. The van der Waals surface area contributed by atoms with Crippen LogP contribution in [0.3, 0.4) is 0 Å². The lowest BCUT2D eigenvalue weighted by atomic mass is 10.2. The van der Waals surface area contributed by atoms with Crippen molar-refractivity contribution >= 4 is 45.6 Å². The number of alkyl halides is 3. The molecular weight excluding hydrogens is 511 g/mol. The predicted molar refractivity (Wildman–Crippen MR) is 147 cm³/mol. The monoisotopic (exact) mass is 533 g/mol. The van der Waals surface area contributed by atoms with E-state index in [4.69, 9.17) is 22.2 Å². The van der Waals surface area contributed by atoms with Gasteiger partial charge < -0.3 is 20.5 Å². The van der Waals surface area contributed by atoms with Crippen LogP contribution in [0.5, 0.6) is 0 Å². The molecule has 0 aliphatic heterocycles. The maximum absolute atomic E-state index is 13.0. The van der Waals surface area contributed by atoms with Crippen LogP contribution >= 0.6 is 12.2 Å². The molecule has 0 spiro atoms. The first-order valence-corrected chi connectivity index (χ1v) is 12.0. The molecule has 7 nitrogen and oxygen atoms in total. The molecule has 3 heterocycles. The van der Waals surface area contributed by atoms with Crippen LogP contribution < -0.4 is 16.0 Å². The number of benzene rings is 2. The minimum absolute atomic E-state index is 0.153. The number of aromatic nitrogens is 4. The van der Waals surface area contributed by atoms with Gasteiger partial charge >= 0.3 is 6.18 Å². The fourth-order valence-corrected chi connectivity index (χ4v) is 4.17. The summed E-state index contributed by atoms with van der Waals surface area (Å²) < 4.78 is 41.0. The molecule has 0 saturated heterocycles. The first-order chi connectivity index (χ1) is 18.3. The van der Waals surface area contributed by atoms with Crippen LogP contribution in [-0.4, -0.2) is 24.6 Å². The molecule has 11 heteroatoms. The fourth-order valence-electron chi connectivity index (χ4n) is 3.93. The molecule has 38 heavy (non-hydrogen) atoms. The Labute approximate surface area is 221 Å². The second kappa shape index (κ2) is 10.5. The van der Waals surface area contributed by atoms with E-state index in [9.17, 15) is 13.2 Å². The molecule has 0 bridgehead atoms. The van der Waals surface area contributed by atoms with Crippen molar-refractivity contribution in [1.29, 1.82) is 0 Å². The second-order valence-corrected chi connectivity index (χ2v) is 8.91. The van der Waals surface area contributed by atoms with Crippen molar-refractivity contribution in [3.05, 3.63) is 96.4 Å². The summed E-state index contributed by atoms with van der Waals surface area (Å²) in [6, 6.07) is 18.0. The van der Waals surface area contributed by atoms with E-state index in [0.717, 1.165) is 34.3 Å². The molecule has 0 unspecified atom stereocenters. The van der Waals surface area contributed by atoms with E-state index in [-0.39, 0.29) is 10.8 Å². The normalized spacial score (nSPS) is 11.4. The summed E-state index contributed by atoms with van der Waals surface area (Å²) in [5, 5.41) is 9.38. The van der Waals surface area contributed by atoms with E-state index >= 15 is 0 Å². The first kappa shape index (κ1) is 25.2. The highest BCUT2D eigenvalue weighted by Gasteiger charge is 2.30. The van der Waals surface area contributed by atoms with Crippen LogP contribution in [0.1, 0.15) is 11.1 Å². The molecular formula is C27H22F3N7S. The lowest BCUT2D eigenvalue weighted by molar-refractivity contribution is -0.137. The van der Waals surface area contributed by atoms with E-state index in [1.54, 1.807) is 18.5 Å². The molecule has 0 saturated carbocycles. The van der Waals surface area contributed by atoms with Gasteiger partial charge in [0, 0.05) is 49.1 Å². The van der Waals surface area contributed by atoms with Gasteiger partial charge in [-0.3, -0.25) is 4.98 Å². The van der Waals surface area contributed by atoms with Gasteiger partial charge in [0.1, 0.15) is 5.52 Å². The van der Waals surface area contributed by atoms with Gasteiger partial charge in [-0.15, -0.1) is 0 Å². The number of hydrogen-bond acceptors (Lipinski definition) is 5. The number of nitrogens with one attached hydrogen (secondary N) is 3. The molecule has 0 radical (unpaired) electrons. The predicted octanol–water partition coefficient (Wildman–Crippen LogP) is 6.47. The Morgan fingerprint density at radius 3 is 2.37 bits per heavy atom. The van der Waals surface area contributed by atoms with Crippen LogP contribution in [0.15, 0.2) is 85.3 Å². The van der Waals surface area contributed by atoms with Crippen molar-refractivity contribution in [3.8, 4) is 11.4 Å². The van der Waals surface area contributed by atoms with Crippen molar-refractivity contribution in [1.82, 2.24) is 19.5 Å². The van der Waals surface area contributed by atoms with Crippen LogP contribution in [0.4, 0.5) is 30.4 Å². The highest BCUT2D eigenvalue weighted by Crippen LogP contribution is 2.31. The van der Waals surface area contributed by atoms with Crippen molar-refractivity contribution in [3.63, 3.8) is 0 Å². The summed E-state index contributed by atoms with van der Waals surface area (Å²) in [6.45, 7) is 0.566. The maximum atomic E-state index is 13.0. The largest absolute Gasteiger partial charge is 0.416 e. The second-order valence-electron chi connectivity index (χ2n) is 8.50. The summed E-state index contributed by atoms with van der Waals surface area (Å²) in [4.78, 5) is 13.6. The number of aryl methyl sites for hydroxylation is 1. The van der Waals surface area contributed by atoms with E-state index in [0.29, 0.717) is 23.9 Å². The Morgan fingerprint density at radius 2 is 1.63 bits per heavy atom. The first-order valence-electron chi connectivity index (χ1n) is 11.6. The van der Waals surface area contributed by atoms with Gasteiger partial charge in [0.2, 0.25) is 0 Å². The van der Waals surface area contributed by atoms with Crippen molar-refractivity contribution < 1.29 is 13.2 Å². The highest BCUT2D eigenvalue weighted by molar-refractivity contribution is 7.80. The Bertz CT molecular complexity index is 1600. The average Bonchev–Trinajstić information content (AvgIpc) is 3.28. The summed E-state index contributed by atoms with van der Waals surface area (Å²) in [7, 11) is 1.94.